The number of aromatic amines is 1. The summed E-state index contributed by atoms with van der Waals surface area (Å²) in [4.78, 5) is 35.4. The SMILES string of the molecule is CC(C)Cc1nc(C(N)=O)c2[nH]c(=O)n(-c3ccc(Cl)cc3)c2n1. The van der Waals surface area contributed by atoms with Crippen LogP contribution in [0.4, 0.5) is 0 Å². The molecule has 1 amide bonds. The van der Waals surface area contributed by atoms with Crippen molar-refractivity contribution in [2.45, 2.75) is 20.3 Å². The van der Waals surface area contributed by atoms with Crippen LogP contribution in [0.2, 0.25) is 5.02 Å². The van der Waals surface area contributed by atoms with Crippen LogP contribution in [0.25, 0.3) is 16.9 Å². The van der Waals surface area contributed by atoms with E-state index in [1.165, 1.54) is 4.57 Å². The number of rotatable bonds is 4. The smallest absolute Gasteiger partial charge is 0.332 e. The highest BCUT2D eigenvalue weighted by molar-refractivity contribution is 6.30. The summed E-state index contributed by atoms with van der Waals surface area (Å²) in [5.74, 6) is 0.0442. The minimum absolute atomic E-state index is 0.0143. The van der Waals surface area contributed by atoms with E-state index < -0.39 is 11.6 Å². The fraction of sp³-hybridized carbons (Fsp3) is 0.250. The van der Waals surface area contributed by atoms with E-state index in [4.69, 9.17) is 17.3 Å². The lowest BCUT2D eigenvalue weighted by molar-refractivity contribution is 0.0996. The molecule has 2 aromatic heterocycles. The lowest BCUT2D eigenvalue weighted by atomic mass is 10.1. The van der Waals surface area contributed by atoms with Crippen molar-refractivity contribution in [2.75, 3.05) is 0 Å². The topological polar surface area (TPSA) is 107 Å². The molecule has 0 aliphatic heterocycles. The van der Waals surface area contributed by atoms with Crippen molar-refractivity contribution >= 4 is 28.7 Å². The molecule has 0 fully saturated rings. The van der Waals surface area contributed by atoms with E-state index >= 15 is 0 Å². The number of H-pyrrole nitrogens is 1. The summed E-state index contributed by atoms with van der Waals surface area (Å²) in [5.41, 5.74) is 6.14. The van der Waals surface area contributed by atoms with Crippen LogP contribution in [0.3, 0.4) is 0 Å². The normalized spacial score (nSPS) is 11.3. The van der Waals surface area contributed by atoms with Crippen molar-refractivity contribution in [2.24, 2.45) is 11.7 Å². The first-order valence-corrected chi connectivity index (χ1v) is 7.82. The number of carbonyl (C=O) groups excluding carboxylic acids is 1. The average Bonchev–Trinajstić information content (AvgIpc) is 2.82. The van der Waals surface area contributed by atoms with Crippen molar-refractivity contribution in [3.63, 3.8) is 0 Å². The molecule has 0 radical (unpaired) electrons. The Bertz CT molecular complexity index is 973. The predicted octanol–water partition coefficient (Wildman–Crippen LogP) is 2.06. The Morgan fingerprint density at radius 2 is 1.96 bits per heavy atom. The summed E-state index contributed by atoms with van der Waals surface area (Å²) in [6.07, 6.45) is 0.566. The number of hydrogen-bond donors (Lipinski definition) is 2. The maximum atomic E-state index is 12.4. The number of halogens is 1. The van der Waals surface area contributed by atoms with Gasteiger partial charge in [0.05, 0.1) is 5.69 Å². The highest BCUT2D eigenvalue weighted by atomic mass is 35.5. The standard InChI is InChI=1S/C16H16ClN5O2/c1-8(2)7-11-19-12(14(18)23)13-15(20-11)22(16(24)21-13)10-5-3-9(17)4-6-10/h3-6,8H,7H2,1-2H3,(H2,18,23)(H,21,24). The van der Waals surface area contributed by atoms with Gasteiger partial charge >= 0.3 is 5.69 Å². The summed E-state index contributed by atoms with van der Waals surface area (Å²) in [6, 6.07) is 6.75. The predicted molar refractivity (Wildman–Crippen MR) is 91.6 cm³/mol. The summed E-state index contributed by atoms with van der Waals surface area (Å²) in [5, 5.41) is 0.555. The Balaban J connectivity index is 2.32. The van der Waals surface area contributed by atoms with Crippen LogP contribution in [0.5, 0.6) is 0 Å². The first-order valence-electron chi connectivity index (χ1n) is 7.44. The van der Waals surface area contributed by atoms with Crippen LogP contribution >= 0.6 is 11.6 Å². The Kier molecular flexibility index (Phi) is 4.11. The highest BCUT2D eigenvalue weighted by Gasteiger charge is 2.19. The number of amides is 1. The van der Waals surface area contributed by atoms with E-state index in [-0.39, 0.29) is 17.1 Å². The molecule has 0 atom stereocenters. The fourth-order valence-corrected chi connectivity index (χ4v) is 2.62. The lowest BCUT2D eigenvalue weighted by Gasteiger charge is -2.07. The Morgan fingerprint density at radius 3 is 2.54 bits per heavy atom. The van der Waals surface area contributed by atoms with Gasteiger partial charge in [0.2, 0.25) is 0 Å². The number of carbonyl (C=O) groups is 1. The second-order valence-corrected chi connectivity index (χ2v) is 6.33. The Morgan fingerprint density at radius 1 is 1.29 bits per heavy atom. The molecule has 24 heavy (non-hydrogen) atoms. The van der Waals surface area contributed by atoms with Crippen molar-refractivity contribution in [3.05, 3.63) is 51.3 Å². The molecular weight excluding hydrogens is 330 g/mol. The van der Waals surface area contributed by atoms with Crippen LogP contribution in [0.15, 0.2) is 29.1 Å². The van der Waals surface area contributed by atoms with Crippen molar-refractivity contribution in [1.29, 1.82) is 0 Å². The summed E-state index contributed by atoms with van der Waals surface area (Å²) in [6.45, 7) is 4.03. The summed E-state index contributed by atoms with van der Waals surface area (Å²) >= 11 is 5.90. The van der Waals surface area contributed by atoms with E-state index in [2.05, 4.69) is 15.0 Å². The molecular formula is C16H16ClN5O2. The fourth-order valence-electron chi connectivity index (χ4n) is 2.49. The van der Waals surface area contributed by atoms with Crippen LogP contribution in [0, 0.1) is 5.92 Å². The van der Waals surface area contributed by atoms with Gasteiger partial charge in [-0.25, -0.2) is 19.3 Å². The zero-order chi connectivity index (χ0) is 17.4. The van der Waals surface area contributed by atoms with Gasteiger partial charge in [-0.1, -0.05) is 25.4 Å². The summed E-state index contributed by atoms with van der Waals surface area (Å²) < 4.78 is 1.38. The number of fused-ring (bicyclic) bond motifs is 1. The van der Waals surface area contributed by atoms with Crippen LogP contribution in [-0.4, -0.2) is 25.4 Å². The van der Waals surface area contributed by atoms with Crippen LogP contribution in [-0.2, 0) is 6.42 Å². The largest absolute Gasteiger partial charge is 0.364 e. The third-order valence-corrected chi connectivity index (χ3v) is 3.74. The molecule has 8 heteroatoms. The molecule has 0 saturated carbocycles. The van der Waals surface area contributed by atoms with Gasteiger partial charge in [-0.3, -0.25) is 4.79 Å². The monoisotopic (exact) mass is 345 g/mol. The van der Waals surface area contributed by atoms with Gasteiger partial charge < -0.3 is 10.7 Å². The Labute approximate surface area is 142 Å². The van der Waals surface area contributed by atoms with Gasteiger partial charge in [-0.2, -0.15) is 0 Å². The molecule has 2 heterocycles. The van der Waals surface area contributed by atoms with Crippen molar-refractivity contribution < 1.29 is 4.79 Å². The van der Waals surface area contributed by atoms with E-state index in [0.29, 0.717) is 28.6 Å². The van der Waals surface area contributed by atoms with E-state index in [0.717, 1.165) is 0 Å². The number of primary amides is 1. The van der Waals surface area contributed by atoms with Crippen LogP contribution < -0.4 is 11.4 Å². The van der Waals surface area contributed by atoms with Gasteiger partial charge in [0, 0.05) is 11.4 Å². The maximum Gasteiger partial charge on any atom is 0.332 e. The number of hydrogen-bond acceptors (Lipinski definition) is 4. The molecule has 0 spiro atoms. The van der Waals surface area contributed by atoms with Crippen molar-refractivity contribution in [1.82, 2.24) is 19.5 Å². The third kappa shape index (κ3) is 2.90. The number of imidazole rings is 1. The summed E-state index contributed by atoms with van der Waals surface area (Å²) in [7, 11) is 0. The minimum Gasteiger partial charge on any atom is -0.364 e. The van der Waals surface area contributed by atoms with Crippen LogP contribution in [0.1, 0.15) is 30.2 Å². The van der Waals surface area contributed by atoms with Gasteiger partial charge in [-0.05, 0) is 30.2 Å². The first-order chi connectivity index (χ1) is 11.4. The maximum absolute atomic E-state index is 12.4. The molecule has 124 valence electrons. The number of benzene rings is 1. The zero-order valence-corrected chi connectivity index (χ0v) is 14.0. The molecule has 0 aliphatic rings. The van der Waals surface area contributed by atoms with E-state index in [9.17, 15) is 9.59 Å². The molecule has 3 rings (SSSR count). The zero-order valence-electron chi connectivity index (χ0n) is 13.2. The number of nitrogens with one attached hydrogen (secondary N) is 1. The quantitative estimate of drug-likeness (QED) is 0.754. The van der Waals surface area contributed by atoms with E-state index in [1.807, 2.05) is 13.8 Å². The molecule has 1 aromatic carbocycles. The lowest BCUT2D eigenvalue weighted by Crippen LogP contribution is -2.17. The minimum atomic E-state index is -0.711. The molecule has 0 saturated heterocycles. The highest BCUT2D eigenvalue weighted by Crippen LogP contribution is 2.19. The van der Waals surface area contributed by atoms with Gasteiger partial charge in [0.15, 0.2) is 11.3 Å². The number of nitrogens with zero attached hydrogens (tertiary/aromatic N) is 3. The second kappa shape index (κ2) is 6.09. The van der Waals surface area contributed by atoms with E-state index in [1.54, 1.807) is 24.3 Å². The molecule has 0 unspecified atom stereocenters. The average molecular weight is 346 g/mol. The molecule has 3 N–H and O–H groups in total. The van der Waals surface area contributed by atoms with Gasteiger partial charge in [0.1, 0.15) is 11.3 Å². The molecule has 3 aromatic rings. The molecule has 7 nitrogen and oxygen atoms in total. The van der Waals surface area contributed by atoms with Crippen molar-refractivity contribution in [3.8, 4) is 5.69 Å². The Hall–Kier alpha value is -2.67. The second-order valence-electron chi connectivity index (χ2n) is 5.89. The van der Waals surface area contributed by atoms with Gasteiger partial charge in [-0.15, -0.1) is 0 Å². The first kappa shape index (κ1) is 16.2. The molecule has 0 aliphatic carbocycles. The third-order valence-electron chi connectivity index (χ3n) is 3.49. The number of nitrogens with two attached hydrogens (primary N) is 1. The number of aromatic nitrogens is 4. The van der Waals surface area contributed by atoms with Gasteiger partial charge in [0.25, 0.3) is 5.91 Å². The molecule has 0 bridgehead atoms.